The highest BCUT2D eigenvalue weighted by molar-refractivity contribution is 4.70. The first-order valence-corrected chi connectivity index (χ1v) is 7.11. The van der Waals surface area contributed by atoms with Gasteiger partial charge in [-0.25, -0.2) is 0 Å². The van der Waals surface area contributed by atoms with Gasteiger partial charge in [0.25, 0.3) is 0 Å². The molecule has 1 saturated carbocycles. The third kappa shape index (κ3) is 13.9. The van der Waals surface area contributed by atoms with Crippen LogP contribution in [-0.4, -0.2) is 25.7 Å². The van der Waals surface area contributed by atoms with Gasteiger partial charge >= 0.3 is 0 Å². The molecule has 0 atom stereocenters. The van der Waals surface area contributed by atoms with E-state index in [1.165, 1.54) is 32.1 Å². The van der Waals surface area contributed by atoms with Crippen molar-refractivity contribution in [3.05, 3.63) is 0 Å². The predicted octanol–water partition coefficient (Wildman–Crippen LogP) is 4.06. The first-order chi connectivity index (χ1) is 7.70. The van der Waals surface area contributed by atoms with Gasteiger partial charge in [-0.05, 0) is 26.4 Å². The molecule has 0 aromatic heterocycles. The second-order valence-electron chi connectivity index (χ2n) is 4.34. The van der Waals surface area contributed by atoms with Crippen molar-refractivity contribution in [3.63, 3.8) is 0 Å². The van der Waals surface area contributed by atoms with E-state index in [-0.39, 0.29) is 2.85 Å². The Morgan fingerprint density at radius 2 is 1.56 bits per heavy atom. The number of hydrogen-bond donors (Lipinski definition) is 2. The van der Waals surface area contributed by atoms with E-state index in [2.05, 4.69) is 31.4 Å². The Hall–Kier alpha value is -0.0800. The fraction of sp³-hybridized carbons (Fsp3) is 1.00. The summed E-state index contributed by atoms with van der Waals surface area (Å²) in [7, 11) is 1.95. The van der Waals surface area contributed by atoms with Crippen molar-refractivity contribution in [2.45, 2.75) is 78.8 Å². The van der Waals surface area contributed by atoms with Crippen LogP contribution in [0.15, 0.2) is 0 Å². The van der Waals surface area contributed by atoms with Crippen LogP contribution in [0.4, 0.5) is 0 Å². The molecule has 1 aliphatic carbocycles. The molecule has 104 valence electrons. The summed E-state index contributed by atoms with van der Waals surface area (Å²) in [6, 6.07) is 1.48. The zero-order valence-corrected chi connectivity index (χ0v) is 12.4. The van der Waals surface area contributed by atoms with Crippen LogP contribution in [0, 0.1) is 0 Å². The van der Waals surface area contributed by atoms with Gasteiger partial charge in [0.2, 0.25) is 0 Å². The van der Waals surface area contributed by atoms with Crippen LogP contribution in [0.2, 0.25) is 0 Å². The molecule has 0 heterocycles. The molecule has 1 fully saturated rings. The van der Waals surface area contributed by atoms with Crippen molar-refractivity contribution >= 4 is 0 Å². The van der Waals surface area contributed by atoms with E-state index >= 15 is 0 Å². The summed E-state index contributed by atoms with van der Waals surface area (Å²) in [6.45, 7) is 11.6. The maximum Gasteiger partial charge on any atom is 0.00669 e. The highest BCUT2D eigenvalue weighted by Crippen LogP contribution is 2.16. The highest BCUT2D eigenvalue weighted by Gasteiger charge is 2.10. The second-order valence-corrected chi connectivity index (χ2v) is 4.34. The van der Waals surface area contributed by atoms with Crippen LogP contribution < -0.4 is 10.6 Å². The molecular formula is C14H38N2. The molecule has 2 nitrogen and oxygen atoms in total. The standard InChI is InChI=1S/C8H17N.C4H11N.C2H6.2H2/c1-2-9-8-6-4-3-5-7-8;1-4(2)5-3;1-2;;/h8-9H,2-7H2,1H3;4-5H,1-3H3;1-2H3;2*1H. The average Bonchev–Trinajstić information content (AvgIpc) is 2.34. The van der Waals surface area contributed by atoms with Gasteiger partial charge in [0, 0.05) is 14.9 Å². The second kappa shape index (κ2) is 14.9. The van der Waals surface area contributed by atoms with Gasteiger partial charge in [-0.15, -0.1) is 0 Å². The number of rotatable bonds is 3. The summed E-state index contributed by atoms with van der Waals surface area (Å²) in [6.07, 6.45) is 7.17. The average molecular weight is 234 g/mol. The Bertz CT molecular complexity index is 114. The molecule has 0 aliphatic heterocycles. The summed E-state index contributed by atoms with van der Waals surface area (Å²) in [5, 5.41) is 6.51. The Kier molecular flexibility index (Phi) is 17.1. The minimum atomic E-state index is 0. The van der Waals surface area contributed by atoms with E-state index in [0.717, 1.165) is 12.6 Å². The quantitative estimate of drug-likeness (QED) is 0.769. The van der Waals surface area contributed by atoms with Gasteiger partial charge in [-0.2, -0.15) is 0 Å². The largest absolute Gasteiger partial charge is 0.318 e. The van der Waals surface area contributed by atoms with Crippen LogP contribution in [0.3, 0.4) is 0 Å². The molecule has 0 bridgehead atoms. The molecule has 0 aromatic carbocycles. The zero-order chi connectivity index (χ0) is 12.8. The molecular weight excluding hydrogens is 196 g/mol. The van der Waals surface area contributed by atoms with Gasteiger partial charge in [0.15, 0.2) is 0 Å². The van der Waals surface area contributed by atoms with E-state index < -0.39 is 0 Å². The van der Waals surface area contributed by atoms with Crippen molar-refractivity contribution in [2.24, 2.45) is 0 Å². The lowest BCUT2D eigenvalue weighted by Gasteiger charge is -2.21. The number of nitrogens with one attached hydrogen (secondary N) is 2. The lowest BCUT2D eigenvalue weighted by atomic mass is 9.96. The van der Waals surface area contributed by atoms with Crippen LogP contribution in [-0.2, 0) is 0 Å². The van der Waals surface area contributed by atoms with Crippen LogP contribution in [0.1, 0.15) is 69.6 Å². The molecule has 2 heteroatoms. The van der Waals surface area contributed by atoms with Gasteiger partial charge < -0.3 is 10.6 Å². The van der Waals surface area contributed by atoms with Crippen molar-refractivity contribution < 1.29 is 2.85 Å². The molecule has 1 rings (SSSR count). The molecule has 0 spiro atoms. The zero-order valence-electron chi connectivity index (χ0n) is 12.4. The molecule has 2 N–H and O–H groups in total. The molecule has 0 radical (unpaired) electrons. The summed E-state index contributed by atoms with van der Waals surface area (Å²) < 4.78 is 0. The molecule has 16 heavy (non-hydrogen) atoms. The Morgan fingerprint density at radius 1 is 1.12 bits per heavy atom. The van der Waals surface area contributed by atoms with Crippen LogP contribution in [0.5, 0.6) is 0 Å². The molecule has 0 aromatic rings. The lowest BCUT2D eigenvalue weighted by Crippen LogP contribution is -2.30. The maximum absolute atomic E-state index is 3.48. The smallest absolute Gasteiger partial charge is 0.00669 e. The summed E-state index contributed by atoms with van der Waals surface area (Å²) >= 11 is 0. The minimum absolute atomic E-state index is 0. The molecule has 0 unspecified atom stereocenters. The molecule has 0 saturated heterocycles. The summed E-state index contributed by atoms with van der Waals surface area (Å²) in [4.78, 5) is 0. The summed E-state index contributed by atoms with van der Waals surface area (Å²) in [5.74, 6) is 0. The van der Waals surface area contributed by atoms with Crippen molar-refractivity contribution in [3.8, 4) is 0 Å². The SMILES string of the molecule is CC.CCNC1CCCCC1.CNC(C)C.[HH].[HH]. The van der Waals surface area contributed by atoms with Gasteiger partial charge in [0.1, 0.15) is 0 Å². The Balaban J connectivity index is -0.0000000959. The summed E-state index contributed by atoms with van der Waals surface area (Å²) in [5.41, 5.74) is 0. The Labute approximate surface area is 107 Å². The van der Waals surface area contributed by atoms with Crippen molar-refractivity contribution in [1.29, 1.82) is 0 Å². The van der Waals surface area contributed by atoms with E-state index in [1.807, 2.05) is 20.9 Å². The Morgan fingerprint density at radius 3 is 1.88 bits per heavy atom. The lowest BCUT2D eigenvalue weighted by molar-refractivity contribution is 0.380. The van der Waals surface area contributed by atoms with Crippen molar-refractivity contribution in [2.75, 3.05) is 13.6 Å². The third-order valence-electron chi connectivity index (χ3n) is 2.68. The normalized spacial score (nSPS) is 15.9. The van der Waals surface area contributed by atoms with Crippen LogP contribution >= 0.6 is 0 Å². The van der Waals surface area contributed by atoms with E-state index in [0.29, 0.717) is 6.04 Å². The molecule has 0 amide bonds. The van der Waals surface area contributed by atoms with E-state index in [4.69, 9.17) is 0 Å². The maximum atomic E-state index is 3.48. The fourth-order valence-corrected chi connectivity index (χ4v) is 1.60. The monoisotopic (exact) mass is 234 g/mol. The number of hydrogen-bond acceptors (Lipinski definition) is 2. The fourth-order valence-electron chi connectivity index (χ4n) is 1.60. The van der Waals surface area contributed by atoms with E-state index in [9.17, 15) is 0 Å². The van der Waals surface area contributed by atoms with Gasteiger partial charge in [-0.3, -0.25) is 0 Å². The minimum Gasteiger partial charge on any atom is -0.318 e. The first-order valence-electron chi connectivity index (χ1n) is 7.11. The first kappa shape index (κ1) is 18.3. The predicted molar refractivity (Wildman–Crippen MR) is 80.3 cm³/mol. The van der Waals surface area contributed by atoms with Crippen LogP contribution in [0.25, 0.3) is 0 Å². The van der Waals surface area contributed by atoms with Gasteiger partial charge in [0.05, 0.1) is 0 Å². The van der Waals surface area contributed by atoms with E-state index in [1.54, 1.807) is 0 Å². The third-order valence-corrected chi connectivity index (χ3v) is 2.68. The van der Waals surface area contributed by atoms with Crippen molar-refractivity contribution in [1.82, 2.24) is 10.6 Å². The highest BCUT2D eigenvalue weighted by atomic mass is 14.9. The molecule has 1 aliphatic rings. The van der Waals surface area contributed by atoms with Gasteiger partial charge in [-0.1, -0.05) is 53.9 Å². The topological polar surface area (TPSA) is 24.1 Å².